The molecule has 1 aliphatic heterocycles. The van der Waals surface area contributed by atoms with Crippen molar-refractivity contribution in [3.8, 4) is 0 Å². The van der Waals surface area contributed by atoms with Gasteiger partial charge in [0.15, 0.2) is 11.9 Å². The Kier molecular flexibility index (Phi) is 5.59. The molecule has 8 nitrogen and oxygen atoms in total. The third-order valence-corrected chi connectivity index (χ3v) is 5.38. The molecule has 0 radical (unpaired) electrons. The van der Waals surface area contributed by atoms with Crippen LogP contribution in [-0.4, -0.2) is 64.9 Å². The first-order valence-electron chi connectivity index (χ1n) is 8.63. The van der Waals surface area contributed by atoms with Crippen LogP contribution in [-0.2, 0) is 9.53 Å². The summed E-state index contributed by atoms with van der Waals surface area (Å²) in [5.41, 5.74) is 0.604. The molecule has 9 heteroatoms. The molecule has 0 aliphatic carbocycles. The molecule has 2 aromatic heterocycles. The number of carbonyl (C=O) groups excluding carboxylic acids is 3. The Labute approximate surface area is 160 Å². The summed E-state index contributed by atoms with van der Waals surface area (Å²) in [5.74, 6) is -0.715. The second-order valence-corrected chi connectivity index (χ2v) is 7.49. The van der Waals surface area contributed by atoms with Crippen LogP contribution in [0, 0.1) is 13.8 Å². The largest absolute Gasteiger partial charge is 0.459 e. The van der Waals surface area contributed by atoms with E-state index in [1.54, 1.807) is 35.8 Å². The van der Waals surface area contributed by atoms with Crippen molar-refractivity contribution in [2.45, 2.75) is 26.9 Å². The van der Waals surface area contributed by atoms with Crippen molar-refractivity contribution < 1.29 is 23.5 Å². The van der Waals surface area contributed by atoms with E-state index < -0.39 is 12.1 Å². The van der Waals surface area contributed by atoms with Gasteiger partial charge in [-0.05, 0) is 32.9 Å². The second-order valence-electron chi connectivity index (χ2n) is 6.29. The molecular formula is C18H21N3O5S. The molecular weight excluding hydrogens is 370 g/mol. The van der Waals surface area contributed by atoms with Crippen molar-refractivity contribution in [2.75, 3.05) is 26.2 Å². The van der Waals surface area contributed by atoms with E-state index in [2.05, 4.69) is 4.98 Å². The number of thiazole rings is 1. The van der Waals surface area contributed by atoms with Crippen molar-refractivity contribution in [2.24, 2.45) is 0 Å². The van der Waals surface area contributed by atoms with Gasteiger partial charge in [0.1, 0.15) is 4.88 Å². The van der Waals surface area contributed by atoms with Crippen LogP contribution >= 0.6 is 11.3 Å². The number of hydrogen-bond acceptors (Lipinski definition) is 7. The van der Waals surface area contributed by atoms with Crippen molar-refractivity contribution in [3.05, 3.63) is 39.7 Å². The first-order chi connectivity index (χ1) is 12.9. The Morgan fingerprint density at radius 2 is 1.85 bits per heavy atom. The lowest BCUT2D eigenvalue weighted by Crippen LogP contribution is -2.53. The van der Waals surface area contributed by atoms with Crippen LogP contribution in [0.25, 0.3) is 0 Å². The van der Waals surface area contributed by atoms with Gasteiger partial charge in [0.2, 0.25) is 0 Å². The molecule has 0 spiro atoms. The molecule has 0 saturated carbocycles. The highest BCUT2D eigenvalue weighted by atomic mass is 32.1. The number of ether oxygens (including phenoxy) is 1. The maximum atomic E-state index is 12.6. The summed E-state index contributed by atoms with van der Waals surface area (Å²) in [4.78, 5) is 45.0. The highest BCUT2D eigenvalue weighted by Gasteiger charge is 2.30. The summed E-state index contributed by atoms with van der Waals surface area (Å²) in [6.07, 6.45) is 0.557. The molecule has 3 heterocycles. The SMILES string of the molecule is Cc1nc(C)c(C(=O)O[C@H](C)C(=O)N2CCN(C(=O)c3ccco3)CC2)s1. The lowest BCUT2D eigenvalue weighted by Gasteiger charge is -2.35. The molecule has 0 unspecified atom stereocenters. The Balaban J connectivity index is 1.53. The van der Waals surface area contributed by atoms with Gasteiger partial charge < -0.3 is 19.0 Å². The van der Waals surface area contributed by atoms with Crippen molar-refractivity contribution in [1.29, 1.82) is 0 Å². The number of nitrogens with zero attached hydrogens (tertiary/aromatic N) is 3. The normalized spacial score (nSPS) is 15.5. The van der Waals surface area contributed by atoms with E-state index in [1.165, 1.54) is 17.6 Å². The van der Waals surface area contributed by atoms with Crippen molar-refractivity contribution in [3.63, 3.8) is 0 Å². The van der Waals surface area contributed by atoms with Crippen LogP contribution in [0.3, 0.4) is 0 Å². The minimum Gasteiger partial charge on any atom is -0.459 e. The van der Waals surface area contributed by atoms with Crippen LogP contribution in [0.1, 0.15) is 37.9 Å². The molecule has 0 N–H and O–H groups in total. The Morgan fingerprint density at radius 1 is 1.19 bits per heavy atom. The predicted octanol–water partition coefficient (Wildman–Crippen LogP) is 1.88. The number of carbonyl (C=O) groups is 3. The minimum absolute atomic E-state index is 0.192. The molecule has 0 bridgehead atoms. The monoisotopic (exact) mass is 391 g/mol. The number of furan rings is 1. The fourth-order valence-corrected chi connectivity index (χ4v) is 3.73. The lowest BCUT2D eigenvalue weighted by molar-refractivity contribution is -0.141. The summed E-state index contributed by atoms with van der Waals surface area (Å²) in [6, 6.07) is 3.28. The molecule has 1 atom stereocenters. The van der Waals surface area contributed by atoms with Crippen LogP contribution < -0.4 is 0 Å². The summed E-state index contributed by atoms with van der Waals surface area (Å²) < 4.78 is 10.4. The highest BCUT2D eigenvalue weighted by Crippen LogP contribution is 2.19. The lowest BCUT2D eigenvalue weighted by atomic mass is 10.2. The van der Waals surface area contributed by atoms with Crippen LogP contribution in [0.2, 0.25) is 0 Å². The van der Waals surface area contributed by atoms with Gasteiger partial charge in [-0.15, -0.1) is 11.3 Å². The smallest absolute Gasteiger partial charge is 0.351 e. The predicted molar refractivity (Wildman–Crippen MR) is 97.7 cm³/mol. The number of aromatic nitrogens is 1. The number of rotatable bonds is 4. The number of piperazine rings is 1. The van der Waals surface area contributed by atoms with Crippen molar-refractivity contribution >= 4 is 29.1 Å². The van der Waals surface area contributed by atoms with E-state index in [-0.39, 0.29) is 17.6 Å². The van der Waals surface area contributed by atoms with Gasteiger partial charge in [0, 0.05) is 26.2 Å². The van der Waals surface area contributed by atoms with Crippen LogP contribution in [0.5, 0.6) is 0 Å². The van der Waals surface area contributed by atoms with E-state index in [9.17, 15) is 14.4 Å². The zero-order valence-electron chi connectivity index (χ0n) is 15.4. The van der Waals surface area contributed by atoms with Crippen LogP contribution in [0.15, 0.2) is 22.8 Å². The zero-order valence-corrected chi connectivity index (χ0v) is 16.2. The minimum atomic E-state index is -0.897. The van der Waals surface area contributed by atoms with Gasteiger partial charge in [-0.1, -0.05) is 0 Å². The van der Waals surface area contributed by atoms with Crippen LogP contribution in [0.4, 0.5) is 0 Å². The van der Waals surface area contributed by atoms with Gasteiger partial charge in [-0.3, -0.25) is 9.59 Å². The molecule has 27 heavy (non-hydrogen) atoms. The molecule has 144 valence electrons. The first kappa shape index (κ1) is 19.1. The number of hydrogen-bond donors (Lipinski definition) is 0. The summed E-state index contributed by atoms with van der Waals surface area (Å²) >= 11 is 1.25. The fourth-order valence-electron chi connectivity index (χ4n) is 2.93. The Hall–Kier alpha value is -2.68. The molecule has 2 amide bonds. The molecule has 3 rings (SSSR count). The number of esters is 1. The zero-order chi connectivity index (χ0) is 19.6. The van der Waals surface area contributed by atoms with Gasteiger partial charge in [-0.2, -0.15) is 0 Å². The topological polar surface area (TPSA) is 93.0 Å². The third kappa shape index (κ3) is 4.19. The molecule has 2 aromatic rings. The van der Waals surface area contributed by atoms with Gasteiger partial charge in [0.25, 0.3) is 11.8 Å². The van der Waals surface area contributed by atoms with Gasteiger partial charge >= 0.3 is 5.97 Å². The average molecular weight is 391 g/mol. The van der Waals surface area contributed by atoms with E-state index in [4.69, 9.17) is 9.15 Å². The van der Waals surface area contributed by atoms with E-state index in [0.717, 1.165) is 5.01 Å². The standard InChI is InChI=1S/C18H21N3O5S/c1-11-15(27-13(3)19-11)18(24)26-12(2)16(22)20-6-8-21(9-7-20)17(23)14-5-4-10-25-14/h4-5,10,12H,6-9H2,1-3H3/t12-/m1/s1. The Bertz CT molecular complexity index is 837. The summed E-state index contributed by atoms with van der Waals surface area (Å²) in [6.45, 7) is 6.67. The summed E-state index contributed by atoms with van der Waals surface area (Å²) in [5, 5.41) is 0.774. The average Bonchev–Trinajstić information content (AvgIpc) is 3.30. The van der Waals surface area contributed by atoms with E-state index in [0.29, 0.717) is 36.8 Å². The van der Waals surface area contributed by atoms with Gasteiger partial charge in [-0.25, -0.2) is 9.78 Å². The maximum absolute atomic E-state index is 12.6. The second kappa shape index (κ2) is 7.91. The number of aryl methyl sites for hydroxylation is 2. The van der Waals surface area contributed by atoms with E-state index in [1.807, 2.05) is 6.92 Å². The summed E-state index contributed by atoms with van der Waals surface area (Å²) in [7, 11) is 0. The quantitative estimate of drug-likeness (QED) is 0.739. The number of amides is 2. The Morgan fingerprint density at radius 3 is 2.41 bits per heavy atom. The third-order valence-electron chi connectivity index (χ3n) is 4.33. The fraction of sp³-hybridized carbons (Fsp3) is 0.444. The molecule has 1 aliphatic rings. The molecule has 1 fully saturated rings. The molecule has 0 aromatic carbocycles. The first-order valence-corrected chi connectivity index (χ1v) is 9.45. The molecule has 1 saturated heterocycles. The van der Waals surface area contributed by atoms with E-state index >= 15 is 0 Å². The van der Waals surface area contributed by atoms with Gasteiger partial charge in [0.05, 0.1) is 17.0 Å². The maximum Gasteiger partial charge on any atom is 0.351 e. The highest BCUT2D eigenvalue weighted by molar-refractivity contribution is 7.13. The van der Waals surface area contributed by atoms with Crippen molar-refractivity contribution in [1.82, 2.24) is 14.8 Å².